The summed E-state index contributed by atoms with van der Waals surface area (Å²) in [5.41, 5.74) is 5.84. The molecule has 140 valence electrons. The van der Waals surface area contributed by atoms with Crippen molar-refractivity contribution in [3.05, 3.63) is 71.4 Å². The lowest BCUT2D eigenvalue weighted by Gasteiger charge is -2.48. The predicted octanol–water partition coefficient (Wildman–Crippen LogP) is 5.13. The van der Waals surface area contributed by atoms with E-state index in [1.807, 2.05) is 0 Å². The maximum absolute atomic E-state index is 6.09. The van der Waals surface area contributed by atoms with Crippen molar-refractivity contribution in [1.29, 1.82) is 0 Å². The van der Waals surface area contributed by atoms with Gasteiger partial charge in [-0.1, -0.05) is 48.5 Å². The van der Waals surface area contributed by atoms with Crippen LogP contribution in [0, 0.1) is 5.41 Å². The Labute approximate surface area is 161 Å². The fourth-order valence-electron chi connectivity index (χ4n) is 5.28. The van der Waals surface area contributed by atoms with Crippen molar-refractivity contribution < 1.29 is 4.74 Å². The number of para-hydroxylation sites is 1. The Morgan fingerprint density at radius 2 is 1.85 bits per heavy atom. The molecule has 1 aliphatic heterocycles. The summed E-state index contributed by atoms with van der Waals surface area (Å²) in [6, 6.07) is 19.7. The maximum Gasteiger partial charge on any atom is 0.0716 e. The van der Waals surface area contributed by atoms with Crippen LogP contribution in [-0.2, 0) is 17.8 Å². The number of aromatic nitrogens is 1. The number of rotatable bonds is 5. The second-order valence-electron chi connectivity index (χ2n) is 8.20. The van der Waals surface area contributed by atoms with Crippen LogP contribution in [0.25, 0.3) is 10.9 Å². The van der Waals surface area contributed by atoms with Gasteiger partial charge in [-0.25, -0.2) is 0 Å². The number of benzene rings is 2. The maximum atomic E-state index is 6.09. The van der Waals surface area contributed by atoms with Crippen LogP contribution in [0.15, 0.2) is 54.6 Å². The molecule has 2 aromatic carbocycles. The number of aromatic amines is 1. The lowest BCUT2D eigenvalue weighted by molar-refractivity contribution is 0.0362. The molecule has 0 bridgehead atoms. The fraction of sp³-hybridized carbons (Fsp3) is 0.417. The highest BCUT2D eigenvalue weighted by molar-refractivity contribution is 5.85. The minimum absolute atomic E-state index is 0.326. The van der Waals surface area contributed by atoms with Gasteiger partial charge in [0.1, 0.15) is 0 Å². The lowest BCUT2D eigenvalue weighted by atomic mass is 9.63. The molecular formula is C24H28N2O. The third-order valence-corrected chi connectivity index (χ3v) is 6.66. The van der Waals surface area contributed by atoms with Crippen LogP contribution < -0.4 is 5.32 Å². The molecular weight excluding hydrogens is 332 g/mol. The summed E-state index contributed by atoms with van der Waals surface area (Å²) >= 11 is 0. The Morgan fingerprint density at radius 1 is 1.00 bits per heavy atom. The third-order valence-electron chi connectivity index (χ3n) is 6.66. The van der Waals surface area contributed by atoms with Crippen LogP contribution in [0.4, 0.5) is 0 Å². The van der Waals surface area contributed by atoms with E-state index >= 15 is 0 Å². The quantitative estimate of drug-likeness (QED) is 0.619. The summed E-state index contributed by atoms with van der Waals surface area (Å²) in [6.07, 6.45) is 6.11. The summed E-state index contributed by atoms with van der Waals surface area (Å²) in [5, 5.41) is 5.28. The minimum Gasteiger partial charge on any atom is -0.377 e. The smallest absolute Gasteiger partial charge is 0.0716 e. The van der Waals surface area contributed by atoms with Gasteiger partial charge in [0.15, 0.2) is 0 Å². The number of nitrogens with one attached hydrogen (secondary N) is 2. The number of ether oxygens (including phenoxy) is 1. The van der Waals surface area contributed by atoms with Gasteiger partial charge >= 0.3 is 0 Å². The number of piperidine rings is 1. The average molecular weight is 361 g/mol. The van der Waals surface area contributed by atoms with E-state index in [9.17, 15) is 0 Å². The van der Waals surface area contributed by atoms with Crippen molar-refractivity contribution in [2.45, 2.75) is 44.8 Å². The molecule has 0 spiro atoms. The van der Waals surface area contributed by atoms with E-state index in [-0.39, 0.29) is 0 Å². The number of hydrogen-bond donors (Lipinski definition) is 2. The summed E-state index contributed by atoms with van der Waals surface area (Å²) in [7, 11) is 0. The Hall–Kier alpha value is -2.10. The molecule has 0 saturated carbocycles. The number of hydrogen-bond acceptors (Lipinski definition) is 2. The molecule has 2 aliphatic rings. The second kappa shape index (κ2) is 7.14. The molecule has 2 N–H and O–H groups in total. The molecule has 27 heavy (non-hydrogen) atoms. The largest absolute Gasteiger partial charge is 0.377 e. The van der Waals surface area contributed by atoms with Gasteiger partial charge in [0.05, 0.1) is 6.61 Å². The van der Waals surface area contributed by atoms with Crippen molar-refractivity contribution in [3.8, 4) is 0 Å². The molecule has 1 fully saturated rings. The standard InChI is InChI=1S/C24H28N2O/c1-2-7-18(8-3-1)17-27-16-14-24-12-6-15-25-23(24)22-19-9-4-5-10-20(19)26-21(22)11-13-24/h1-5,7-10,23,25-26H,6,11-17H2/t23-,24+/m0/s1. The van der Waals surface area contributed by atoms with Gasteiger partial charge in [0.2, 0.25) is 0 Å². The SMILES string of the molecule is c1ccc(COCC[C@]23CCCN[C@H]2c2c([nH]c4ccccc24)CC3)cc1. The van der Waals surface area contributed by atoms with Crippen molar-refractivity contribution in [2.24, 2.45) is 5.41 Å². The number of H-pyrrole nitrogens is 1. The van der Waals surface area contributed by atoms with E-state index < -0.39 is 0 Å². The van der Waals surface area contributed by atoms with Gasteiger partial charge in [-0.2, -0.15) is 0 Å². The second-order valence-corrected chi connectivity index (χ2v) is 8.20. The summed E-state index contributed by atoms with van der Waals surface area (Å²) < 4.78 is 6.09. The Morgan fingerprint density at radius 3 is 2.78 bits per heavy atom. The fourth-order valence-corrected chi connectivity index (χ4v) is 5.28. The molecule has 0 amide bonds. The van der Waals surface area contributed by atoms with Crippen molar-refractivity contribution in [3.63, 3.8) is 0 Å². The van der Waals surface area contributed by atoms with Crippen LogP contribution in [-0.4, -0.2) is 18.1 Å². The third kappa shape index (κ3) is 3.09. The van der Waals surface area contributed by atoms with E-state index in [0.717, 1.165) is 26.0 Å². The molecule has 2 atom stereocenters. The minimum atomic E-state index is 0.326. The summed E-state index contributed by atoms with van der Waals surface area (Å²) in [6.45, 7) is 2.67. The molecule has 3 aromatic rings. The van der Waals surface area contributed by atoms with Crippen molar-refractivity contribution in [1.82, 2.24) is 10.3 Å². The first-order chi connectivity index (χ1) is 13.4. The van der Waals surface area contributed by atoms with Crippen LogP contribution in [0.5, 0.6) is 0 Å². The topological polar surface area (TPSA) is 37.0 Å². The first-order valence-electron chi connectivity index (χ1n) is 10.3. The highest BCUT2D eigenvalue weighted by Gasteiger charge is 2.45. The Kier molecular flexibility index (Phi) is 4.50. The van der Waals surface area contributed by atoms with Gasteiger partial charge in [-0.05, 0) is 61.3 Å². The normalized spacial score (nSPS) is 24.5. The molecule has 0 radical (unpaired) electrons. The van der Waals surface area contributed by atoms with Gasteiger partial charge < -0.3 is 15.0 Å². The molecule has 2 heterocycles. The molecule has 0 unspecified atom stereocenters. The first kappa shape index (κ1) is 17.0. The zero-order chi connectivity index (χ0) is 18.1. The van der Waals surface area contributed by atoms with Gasteiger partial charge in [0, 0.05) is 29.2 Å². The monoisotopic (exact) mass is 360 g/mol. The van der Waals surface area contributed by atoms with Crippen molar-refractivity contribution >= 4 is 10.9 Å². The summed E-state index contributed by atoms with van der Waals surface area (Å²) in [4.78, 5) is 3.68. The van der Waals surface area contributed by atoms with E-state index in [0.29, 0.717) is 18.1 Å². The zero-order valence-corrected chi connectivity index (χ0v) is 15.8. The molecule has 3 nitrogen and oxygen atoms in total. The van der Waals surface area contributed by atoms with E-state index in [1.165, 1.54) is 47.0 Å². The van der Waals surface area contributed by atoms with Crippen LogP contribution in [0.1, 0.15) is 48.5 Å². The van der Waals surface area contributed by atoms with Crippen LogP contribution in [0.2, 0.25) is 0 Å². The number of fused-ring (bicyclic) bond motifs is 5. The number of aryl methyl sites for hydroxylation is 1. The molecule has 1 saturated heterocycles. The molecule has 5 rings (SSSR count). The van der Waals surface area contributed by atoms with Crippen molar-refractivity contribution in [2.75, 3.05) is 13.2 Å². The van der Waals surface area contributed by atoms with Gasteiger partial charge in [-0.3, -0.25) is 0 Å². The van der Waals surface area contributed by atoms with E-state index in [1.54, 1.807) is 0 Å². The van der Waals surface area contributed by atoms with Gasteiger partial charge in [0.25, 0.3) is 0 Å². The van der Waals surface area contributed by atoms with E-state index in [4.69, 9.17) is 4.74 Å². The Bertz CT molecular complexity index is 917. The predicted molar refractivity (Wildman–Crippen MR) is 110 cm³/mol. The van der Waals surface area contributed by atoms with Crippen LogP contribution >= 0.6 is 0 Å². The van der Waals surface area contributed by atoms with Crippen LogP contribution in [0.3, 0.4) is 0 Å². The molecule has 3 heteroatoms. The van der Waals surface area contributed by atoms with Gasteiger partial charge in [-0.15, -0.1) is 0 Å². The first-order valence-corrected chi connectivity index (χ1v) is 10.3. The molecule has 1 aliphatic carbocycles. The highest BCUT2D eigenvalue weighted by Crippen LogP contribution is 2.52. The lowest BCUT2D eigenvalue weighted by Crippen LogP contribution is -2.46. The zero-order valence-electron chi connectivity index (χ0n) is 15.8. The summed E-state index contributed by atoms with van der Waals surface area (Å²) in [5.74, 6) is 0. The van der Waals surface area contributed by atoms with E-state index in [2.05, 4.69) is 64.9 Å². The highest BCUT2D eigenvalue weighted by atomic mass is 16.5. The molecule has 1 aromatic heterocycles. The average Bonchev–Trinajstić information content (AvgIpc) is 3.11. The Balaban J connectivity index is 1.36.